The van der Waals surface area contributed by atoms with Crippen LogP contribution in [0.1, 0.15) is 40.5 Å². The van der Waals surface area contributed by atoms with E-state index in [1.807, 2.05) is 13.8 Å². The molecule has 0 saturated heterocycles. The molecule has 3 unspecified atom stereocenters. The average Bonchev–Trinajstić information content (AvgIpc) is 2.37. The minimum absolute atomic E-state index is 0.0794. The predicted octanol–water partition coefficient (Wildman–Crippen LogP) is 3.85. The molecule has 5 heteroatoms. The molecule has 0 aromatic rings. The van der Waals surface area contributed by atoms with Crippen molar-refractivity contribution in [3.63, 3.8) is 0 Å². The molecule has 0 aliphatic rings. The maximum Gasteiger partial charge on any atom is 0.184 e. The lowest BCUT2D eigenvalue weighted by molar-refractivity contribution is -0.0683. The van der Waals surface area contributed by atoms with E-state index in [1.54, 1.807) is 0 Å². The molecular weight excluding hydrogens is 284 g/mol. The molecule has 0 rings (SSSR count). The van der Waals surface area contributed by atoms with Crippen LogP contribution in [0.3, 0.4) is 0 Å². The van der Waals surface area contributed by atoms with Crippen LogP contribution in [0.5, 0.6) is 0 Å². The molecule has 0 fully saturated rings. The van der Waals surface area contributed by atoms with E-state index in [-0.39, 0.29) is 18.3 Å². The second kappa shape index (κ2) is 11.6. The van der Waals surface area contributed by atoms with Crippen molar-refractivity contribution in [2.45, 2.75) is 78.5 Å². The molecule has 0 radical (unpaired) electrons. The van der Waals surface area contributed by atoms with Gasteiger partial charge in [0.15, 0.2) is 8.32 Å². The maximum atomic E-state index is 5.94. The highest BCUT2D eigenvalue weighted by molar-refractivity contribution is 6.69. The van der Waals surface area contributed by atoms with Crippen LogP contribution in [0.4, 0.5) is 0 Å². The highest BCUT2D eigenvalue weighted by atomic mass is 28.4. The van der Waals surface area contributed by atoms with Gasteiger partial charge < -0.3 is 18.6 Å². The van der Waals surface area contributed by atoms with Crippen molar-refractivity contribution in [2.75, 3.05) is 26.4 Å². The van der Waals surface area contributed by atoms with Crippen molar-refractivity contribution in [3.05, 3.63) is 0 Å². The van der Waals surface area contributed by atoms with Gasteiger partial charge in [-0.05, 0) is 46.8 Å². The van der Waals surface area contributed by atoms with Crippen molar-refractivity contribution in [1.82, 2.24) is 0 Å². The van der Waals surface area contributed by atoms with E-state index in [0.717, 1.165) is 19.4 Å². The largest absolute Gasteiger partial charge is 0.413 e. The molecule has 0 amide bonds. The first kappa shape index (κ1) is 21.1. The molecule has 0 heterocycles. The lowest BCUT2D eigenvalue weighted by atomic mass is 10.3. The van der Waals surface area contributed by atoms with Gasteiger partial charge >= 0.3 is 0 Å². The third-order valence-corrected chi connectivity index (χ3v) is 3.89. The fourth-order valence-electron chi connectivity index (χ4n) is 1.83. The molecule has 4 nitrogen and oxygen atoms in total. The minimum Gasteiger partial charge on any atom is -0.413 e. The van der Waals surface area contributed by atoms with Gasteiger partial charge in [0, 0.05) is 6.61 Å². The first-order valence-corrected chi connectivity index (χ1v) is 11.6. The second-order valence-corrected chi connectivity index (χ2v) is 11.2. The Hall–Kier alpha value is 0.0569. The lowest BCUT2D eigenvalue weighted by Crippen LogP contribution is -2.34. The molecule has 0 aromatic carbocycles. The maximum absolute atomic E-state index is 5.94. The van der Waals surface area contributed by atoms with Crippen molar-refractivity contribution in [3.8, 4) is 0 Å². The van der Waals surface area contributed by atoms with E-state index >= 15 is 0 Å². The van der Waals surface area contributed by atoms with Gasteiger partial charge in [0.1, 0.15) is 0 Å². The van der Waals surface area contributed by atoms with E-state index in [1.165, 1.54) is 0 Å². The second-order valence-electron chi connectivity index (χ2n) is 6.76. The standard InChI is InChI=1S/C16H36O4Si/c1-8-9-10-17-11-14(2)18-12-15(3)19-13-16(4)20-21(5,6)7/h14-16H,8-13H2,1-7H3. The van der Waals surface area contributed by atoms with Crippen molar-refractivity contribution in [2.24, 2.45) is 0 Å². The zero-order chi connectivity index (χ0) is 16.3. The Morgan fingerprint density at radius 3 is 1.86 bits per heavy atom. The van der Waals surface area contributed by atoms with Crippen LogP contribution in [0, 0.1) is 0 Å². The van der Waals surface area contributed by atoms with E-state index < -0.39 is 8.32 Å². The van der Waals surface area contributed by atoms with Crippen LogP contribution in [-0.2, 0) is 18.6 Å². The zero-order valence-corrected chi connectivity index (χ0v) is 16.1. The molecule has 3 atom stereocenters. The Morgan fingerprint density at radius 1 is 0.810 bits per heavy atom. The smallest absolute Gasteiger partial charge is 0.184 e. The van der Waals surface area contributed by atoms with E-state index in [9.17, 15) is 0 Å². The fraction of sp³-hybridized carbons (Fsp3) is 1.00. The summed E-state index contributed by atoms with van der Waals surface area (Å²) in [7, 11) is -1.48. The van der Waals surface area contributed by atoms with Crippen LogP contribution < -0.4 is 0 Å². The van der Waals surface area contributed by atoms with Crippen LogP contribution in [0.15, 0.2) is 0 Å². The molecular formula is C16H36O4Si. The van der Waals surface area contributed by atoms with Gasteiger partial charge in [-0.25, -0.2) is 0 Å². The fourth-order valence-corrected chi connectivity index (χ4v) is 3.10. The molecule has 0 aliphatic carbocycles. The van der Waals surface area contributed by atoms with Crippen molar-refractivity contribution < 1.29 is 18.6 Å². The van der Waals surface area contributed by atoms with Gasteiger partial charge in [0.25, 0.3) is 0 Å². The summed E-state index contributed by atoms with van der Waals surface area (Å²) < 4.78 is 23.0. The van der Waals surface area contributed by atoms with Crippen LogP contribution in [-0.4, -0.2) is 53.1 Å². The Kier molecular flexibility index (Phi) is 11.6. The summed E-state index contributed by atoms with van der Waals surface area (Å²) >= 11 is 0. The summed E-state index contributed by atoms with van der Waals surface area (Å²) in [6, 6.07) is 0. The Labute approximate surface area is 132 Å². The summed E-state index contributed by atoms with van der Waals surface area (Å²) in [5.74, 6) is 0. The van der Waals surface area contributed by atoms with E-state index in [2.05, 4.69) is 33.5 Å². The molecule has 0 spiro atoms. The van der Waals surface area contributed by atoms with Gasteiger partial charge in [-0.3, -0.25) is 0 Å². The third-order valence-electron chi connectivity index (χ3n) is 2.78. The Morgan fingerprint density at radius 2 is 1.33 bits per heavy atom. The summed E-state index contributed by atoms with van der Waals surface area (Å²) in [4.78, 5) is 0. The molecule has 0 saturated carbocycles. The number of hydrogen-bond donors (Lipinski definition) is 0. The summed E-state index contributed by atoms with van der Waals surface area (Å²) in [5, 5.41) is 0. The normalized spacial score (nSPS) is 16.7. The van der Waals surface area contributed by atoms with Gasteiger partial charge in [-0.15, -0.1) is 0 Å². The van der Waals surface area contributed by atoms with Gasteiger partial charge in [0.2, 0.25) is 0 Å². The number of ether oxygens (including phenoxy) is 3. The van der Waals surface area contributed by atoms with E-state index in [0.29, 0.717) is 19.8 Å². The van der Waals surface area contributed by atoms with Crippen LogP contribution in [0.25, 0.3) is 0 Å². The van der Waals surface area contributed by atoms with Crippen LogP contribution >= 0.6 is 0 Å². The van der Waals surface area contributed by atoms with Gasteiger partial charge in [-0.2, -0.15) is 0 Å². The topological polar surface area (TPSA) is 36.9 Å². The molecule has 128 valence electrons. The van der Waals surface area contributed by atoms with Gasteiger partial charge in [0.05, 0.1) is 38.1 Å². The summed E-state index contributed by atoms with van der Waals surface area (Å²) in [6.45, 7) is 17.6. The minimum atomic E-state index is -1.48. The zero-order valence-electron chi connectivity index (χ0n) is 15.1. The molecule has 0 N–H and O–H groups in total. The first-order valence-electron chi connectivity index (χ1n) is 8.23. The number of rotatable bonds is 13. The highest BCUT2D eigenvalue weighted by Crippen LogP contribution is 2.08. The predicted molar refractivity (Wildman–Crippen MR) is 90.4 cm³/mol. The van der Waals surface area contributed by atoms with Crippen LogP contribution in [0.2, 0.25) is 19.6 Å². The Balaban J connectivity index is 3.63. The number of unbranched alkanes of at least 4 members (excludes halogenated alkanes) is 1. The SMILES string of the molecule is CCCCOCC(C)OCC(C)OCC(C)O[Si](C)(C)C. The Bertz CT molecular complexity index is 243. The quantitative estimate of drug-likeness (QED) is 0.381. The average molecular weight is 321 g/mol. The molecule has 0 aromatic heterocycles. The summed E-state index contributed by atoms with van der Waals surface area (Å²) in [5.41, 5.74) is 0. The number of hydrogen-bond acceptors (Lipinski definition) is 4. The van der Waals surface area contributed by atoms with E-state index in [4.69, 9.17) is 18.6 Å². The third kappa shape index (κ3) is 14.7. The monoisotopic (exact) mass is 320 g/mol. The highest BCUT2D eigenvalue weighted by Gasteiger charge is 2.19. The first-order chi connectivity index (χ1) is 9.74. The molecule has 21 heavy (non-hydrogen) atoms. The molecule has 0 aliphatic heterocycles. The lowest BCUT2D eigenvalue weighted by Gasteiger charge is -2.25. The van der Waals surface area contributed by atoms with Crippen molar-refractivity contribution in [1.29, 1.82) is 0 Å². The van der Waals surface area contributed by atoms with Crippen molar-refractivity contribution >= 4 is 8.32 Å². The molecule has 0 bridgehead atoms. The summed E-state index contributed by atoms with van der Waals surface area (Å²) in [6.07, 6.45) is 2.62. The van der Waals surface area contributed by atoms with Gasteiger partial charge in [-0.1, -0.05) is 13.3 Å².